The highest BCUT2D eigenvalue weighted by Crippen LogP contribution is 2.27. The van der Waals surface area contributed by atoms with Crippen molar-refractivity contribution in [3.8, 4) is 11.1 Å². The van der Waals surface area contributed by atoms with E-state index in [9.17, 15) is 24.3 Å². The van der Waals surface area contributed by atoms with Crippen molar-refractivity contribution in [1.82, 2.24) is 10.8 Å². The summed E-state index contributed by atoms with van der Waals surface area (Å²) in [6.07, 6.45) is 0. The number of carboxylic acids is 1. The molecule has 0 atom stereocenters. The normalized spacial score (nSPS) is 10.8. The minimum Gasteiger partial charge on any atom is -0.478 e. The smallest absolute Gasteiger partial charge is 0.336 e. The number of benzene rings is 3. The van der Waals surface area contributed by atoms with Crippen molar-refractivity contribution >= 4 is 35.3 Å². The van der Waals surface area contributed by atoms with Crippen LogP contribution in [0.25, 0.3) is 11.1 Å². The van der Waals surface area contributed by atoms with Gasteiger partial charge in [0.25, 0.3) is 5.91 Å². The van der Waals surface area contributed by atoms with Gasteiger partial charge in [-0.1, -0.05) is 32.0 Å². The minimum atomic E-state index is -1.28. The first-order valence-corrected chi connectivity index (χ1v) is 13.7. The molecule has 0 aliphatic heterocycles. The zero-order chi connectivity index (χ0) is 32.2. The number of carbonyl (C=O) groups is 4. The maximum Gasteiger partial charge on any atom is 0.336 e. The summed E-state index contributed by atoms with van der Waals surface area (Å²) in [4.78, 5) is 58.9. The van der Waals surface area contributed by atoms with Gasteiger partial charge in [0.1, 0.15) is 13.2 Å². The Bertz CT molecular complexity index is 1510. The molecule has 0 aromatic heterocycles. The van der Waals surface area contributed by atoms with Crippen molar-refractivity contribution < 1.29 is 44.0 Å². The van der Waals surface area contributed by atoms with E-state index in [1.54, 1.807) is 64.2 Å². The Kier molecular flexibility index (Phi) is 12.4. The highest BCUT2D eigenvalue weighted by atomic mass is 17.1. The summed E-state index contributed by atoms with van der Waals surface area (Å²) in [6.45, 7) is 5.43. The van der Waals surface area contributed by atoms with Crippen LogP contribution in [-0.4, -0.2) is 54.4 Å². The van der Waals surface area contributed by atoms with Gasteiger partial charge in [0.2, 0.25) is 0 Å². The number of nitrogens with one attached hydrogen (secondary N) is 4. The molecule has 3 rings (SSSR count). The lowest BCUT2D eigenvalue weighted by atomic mass is 9.95. The van der Waals surface area contributed by atoms with Crippen LogP contribution in [0.1, 0.15) is 51.3 Å². The molecular weight excluding hydrogens is 572 g/mol. The molecule has 6 N–H and O–H groups in total. The number of amides is 3. The second-order valence-corrected chi connectivity index (χ2v) is 10.1. The van der Waals surface area contributed by atoms with Gasteiger partial charge in [0.15, 0.2) is 0 Å². The SMILES string of the molecule is CNOCc1cc(-c2ccc(C(=O)O)c(C(=O)Nc3cc(C)cc(NC(=O)NCCOC(=O)C(C)C)c3)c2)ccc1COO. The molecule has 0 fully saturated rings. The van der Waals surface area contributed by atoms with Gasteiger partial charge >= 0.3 is 18.0 Å². The van der Waals surface area contributed by atoms with Gasteiger partial charge < -0.3 is 25.8 Å². The third-order valence-electron chi connectivity index (χ3n) is 6.32. The first-order valence-electron chi connectivity index (χ1n) is 13.7. The van der Waals surface area contributed by atoms with E-state index >= 15 is 0 Å². The monoisotopic (exact) mass is 608 g/mol. The summed E-state index contributed by atoms with van der Waals surface area (Å²) in [6, 6.07) is 14.1. The largest absolute Gasteiger partial charge is 0.478 e. The second-order valence-electron chi connectivity index (χ2n) is 10.1. The maximum absolute atomic E-state index is 13.4. The lowest BCUT2D eigenvalue weighted by Gasteiger charge is -2.14. The quantitative estimate of drug-likeness (QED) is 0.0655. The van der Waals surface area contributed by atoms with E-state index in [1.165, 1.54) is 18.2 Å². The van der Waals surface area contributed by atoms with E-state index in [4.69, 9.17) is 14.8 Å². The predicted octanol–water partition coefficient (Wildman–Crippen LogP) is 4.57. The van der Waals surface area contributed by atoms with E-state index in [0.29, 0.717) is 33.6 Å². The van der Waals surface area contributed by atoms with Crippen LogP contribution < -0.4 is 21.4 Å². The van der Waals surface area contributed by atoms with Crippen molar-refractivity contribution in [2.24, 2.45) is 5.92 Å². The van der Waals surface area contributed by atoms with Gasteiger partial charge in [-0.3, -0.25) is 19.7 Å². The van der Waals surface area contributed by atoms with Crippen LogP contribution in [-0.2, 0) is 32.5 Å². The summed E-state index contributed by atoms with van der Waals surface area (Å²) in [5.74, 6) is -2.57. The minimum absolute atomic E-state index is 0.0246. The Morgan fingerprint density at radius 1 is 0.841 bits per heavy atom. The van der Waals surface area contributed by atoms with Crippen LogP contribution in [0.5, 0.6) is 0 Å². The van der Waals surface area contributed by atoms with Crippen molar-refractivity contribution in [3.63, 3.8) is 0 Å². The number of urea groups is 1. The molecule has 0 saturated heterocycles. The Balaban J connectivity index is 1.80. The van der Waals surface area contributed by atoms with Crippen LogP contribution in [0, 0.1) is 12.8 Å². The molecule has 3 amide bonds. The molecule has 0 saturated carbocycles. The third kappa shape index (κ3) is 9.61. The number of esters is 1. The number of rotatable bonds is 14. The van der Waals surface area contributed by atoms with Gasteiger partial charge in [-0.25, -0.2) is 20.0 Å². The fraction of sp³-hybridized carbons (Fsp3) is 0.290. The summed E-state index contributed by atoms with van der Waals surface area (Å²) in [7, 11) is 1.61. The molecule has 3 aromatic carbocycles. The molecule has 3 aromatic rings. The molecule has 0 bridgehead atoms. The average molecular weight is 609 g/mol. The van der Waals surface area contributed by atoms with Gasteiger partial charge in [-0.15, -0.1) is 0 Å². The topological polar surface area (TPSA) is 185 Å². The van der Waals surface area contributed by atoms with Gasteiger partial charge in [0.05, 0.1) is 30.2 Å². The number of ether oxygens (including phenoxy) is 1. The number of hydrogen-bond acceptors (Lipinski definition) is 9. The van der Waals surface area contributed by atoms with Crippen molar-refractivity contribution in [2.45, 2.75) is 34.0 Å². The van der Waals surface area contributed by atoms with Crippen LogP contribution in [0.2, 0.25) is 0 Å². The van der Waals surface area contributed by atoms with E-state index in [1.807, 2.05) is 0 Å². The van der Waals surface area contributed by atoms with Gasteiger partial charge in [-0.05, 0) is 71.1 Å². The number of hydrogen-bond donors (Lipinski definition) is 6. The molecule has 13 heteroatoms. The molecule has 234 valence electrons. The number of anilines is 2. The molecular formula is C31H36N4O9. The third-order valence-corrected chi connectivity index (χ3v) is 6.32. The van der Waals surface area contributed by atoms with Crippen LogP contribution in [0.15, 0.2) is 54.6 Å². The Hall–Kier alpha value is -4.82. The number of hydroxylamine groups is 1. The first kappa shape index (κ1) is 33.7. The van der Waals surface area contributed by atoms with Gasteiger partial charge in [0, 0.05) is 18.4 Å². The van der Waals surface area contributed by atoms with E-state index in [-0.39, 0.29) is 49.4 Å². The predicted molar refractivity (Wildman–Crippen MR) is 162 cm³/mol. The number of aryl methyl sites for hydroxylation is 1. The number of aromatic carboxylic acids is 1. The Morgan fingerprint density at radius 2 is 1.52 bits per heavy atom. The van der Waals surface area contributed by atoms with Gasteiger partial charge in [-0.2, -0.15) is 0 Å². The number of carboxylic acid groups (broad SMARTS) is 1. The van der Waals surface area contributed by atoms with Crippen molar-refractivity contribution in [2.75, 3.05) is 30.8 Å². The van der Waals surface area contributed by atoms with Crippen molar-refractivity contribution in [1.29, 1.82) is 0 Å². The summed E-state index contributed by atoms with van der Waals surface area (Å²) in [5.41, 5.74) is 6.39. The highest BCUT2D eigenvalue weighted by molar-refractivity contribution is 6.11. The zero-order valence-electron chi connectivity index (χ0n) is 24.9. The molecule has 0 spiro atoms. The Labute approximate surface area is 254 Å². The van der Waals surface area contributed by atoms with E-state index in [2.05, 4.69) is 26.3 Å². The fourth-order valence-corrected chi connectivity index (χ4v) is 4.18. The van der Waals surface area contributed by atoms with Crippen molar-refractivity contribution in [3.05, 3.63) is 82.4 Å². The lowest BCUT2D eigenvalue weighted by Crippen LogP contribution is -2.32. The van der Waals surface area contributed by atoms with Crippen LogP contribution >= 0.6 is 0 Å². The van der Waals surface area contributed by atoms with E-state index in [0.717, 1.165) is 5.56 Å². The second kappa shape index (κ2) is 16.1. The molecule has 0 radical (unpaired) electrons. The van der Waals surface area contributed by atoms with E-state index < -0.39 is 17.9 Å². The molecule has 44 heavy (non-hydrogen) atoms. The fourth-order valence-electron chi connectivity index (χ4n) is 4.18. The molecule has 0 aliphatic rings. The summed E-state index contributed by atoms with van der Waals surface area (Å²) >= 11 is 0. The average Bonchev–Trinajstić information content (AvgIpc) is 2.98. The summed E-state index contributed by atoms with van der Waals surface area (Å²) < 4.78 is 5.03. The zero-order valence-corrected chi connectivity index (χ0v) is 24.9. The highest BCUT2D eigenvalue weighted by Gasteiger charge is 2.19. The molecule has 0 unspecified atom stereocenters. The molecule has 13 nitrogen and oxygen atoms in total. The lowest BCUT2D eigenvalue weighted by molar-refractivity contribution is -0.253. The Morgan fingerprint density at radius 3 is 2.18 bits per heavy atom. The van der Waals surface area contributed by atoms with Crippen LogP contribution in [0.3, 0.4) is 0 Å². The standard InChI is InChI=1S/C31H36N4O9/c1-18(2)30(39)42-10-9-33-31(40)35-25-12-19(3)11-24(15-25)34-28(36)27-14-21(7-8-26(27)29(37)38)20-5-6-22(17-44-41)23(13-20)16-43-32-4/h5-8,11-15,18,32,41H,9-10,16-17H2,1-4H3,(H,34,36)(H,37,38)(H2,33,35,40). The molecule has 0 heterocycles. The maximum atomic E-state index is 13.4. The first-order chi connectivity index (χ1) is 21.0. The number of carbonyl (C=O) groups excluding carboxylic acids is 3. The summed E-state index contributed by atoms with van der Waals surface area (Å²) in [5, 5.41) is 26.7. The molecule has 0 aliphatic carbocycles. The van der Waals surface area contributed by atoms with Crippen LogP contribution in [0.4, 0.5) is 16.2 Å².